The van der Waals surface area contributed by atoms with E-state index in [1.807, 2.05) is 18.3 Å². The molecule has 2 aromatic rings. The van der Waals surface area contributed by atoms with Crippen molar-refractivity contribution >= 4 is 44.3 Å². The molecule has 3 rings (SSSR count). The van der Waals surface area contributed by atoms with Gasteiger partial charge in [0, 0.05) is 39.0 Å². The summed E-state index contributed by atoms with van der Waals surface area (Å²) in [5.74, 6) is 0.983. The summed E-state index contributed by atoms with van der Waals surface area (Å²) in [6, 6.07) is 6.03. The first-order chi connectivity index (χ1) is 9.24. The van der Waals surface area contributed by atoms with E-state index >= 15 is 0 Å². The van der Waals surface area contributed by atoms with Gasteiger partial charge < -0.3 is 10.5 Å². The Bertz CT molecular complexity index is 599. The van der Waals surface area contributed by atoms with E-state index in [0.29, 0.717) is 6.10 Å². The first-order valence-corrected chi connectivity index (χ1v) is 8.10. The van der Waals surface area contributed by atoms with Crippen LogP contribution < -0.4 is 5.73 Å². The zero-order valence-corrected chi connectivity index (χ0v) is 12.8. The number of aromatic nitrogens is 1. The molecule has 1 aliphatic heterocycles. The first kappa shape index (κ1) is 13.2. The lowest BCUT2D eigenvalue weighted by Gasteiger charge is -2.11. The zero-order valence-electron chi connectivity index (χ0n) is 10.4. The zero-order chi connectivity index (χ0) is 13.2. The average molecular weight is 339 g/mol. The van der Waals surface area contributed by atoms with Gasteiger partial charge in [-0.25, -0.2) is 0 Å². The summed E-state index contributed by atoms with van der Waals surface area (Å²) in [5, 5.41) is 1.01. The lowest BCUT2D eigenvalue weighted by Crippen LogP contribution is -2.07. The van der Waals surface area contributed by atoms with Crippen molar-refractivity contribution in [2.45, 2.75) is 23.8 Å². The van der Waals surface area contributed by atoms with Crippen molar-refractivity contribution in [2.75, 3.05) is 18.1 Å². The summed E-state index contributed by atoms with van der Waals surface area (Å²) in [6.07, 6.45) is 4.54. The summed E-state index contributed by atoms with van der Waals surface area (Å²) in [4.78, 5) is 5.67. The lowest BCUT2D eigenvalue weighted by atomic mass is 10.2. The van der Waals surface area contributed by atoms with Gasteiger partial charge in [-0.05, 0) is 47.0 Å². The van der Waals surface area contributed by atoms with Crippen molar-refractivity contribution in [1.29, 1.82) is 0 Å². The van der Waals surface area contributed by atoms with Crippen molar-refractivity contribution in [3.8, 4) is 0 Å². The highest BCUT2D eigenvalue weighted by Crippen LogP contribution is 2.33. The van der Waals surface area contributed by atoms with Gasteiger partial charge in [0.1, 0.15) is 0 Å². The maximum atomic E-state index is 6.02. The number of nitrogen functional groups attached to an aromatic ring is 1. The number of hydrogen-bond donors (Lipinski definition) is 1. The maximum absolute atomic E-state index is 6.02. The Hall–Kier alpha value is -0.780. The Labute approximate surface area is 125 Å². The largest absolute Gasteiger partial charge is 0.398 e. The van der Waals surface area contributed by atoms with E-state index in [0.717, 1.165) is 33.4 Å². The topological polar surface area (TPSA) is 48.1 Å². The molecule has 0 bridgehead atoms. The highest BCUT2D eigenvalue weighted by molar-refractivity contribution is 9.10. The van der Waals surface area contributed by atoms with Crippen molar-refractivity contribution in [2.24, 2.45) is 0 Å². The third-order valence-electron chi connectivity index (χ3n) is 3.26. The molecule has 2 heterocycles. The number of anilines is 1. The summed E-state index contributed by atoms with van der Waals surface area (Å²) < 4.78 is 6.61. The molecule has 0 spiro atoms. The van der Waals surface area contributed by atoms with Crippen LogP contribution in [0, 0.1) is 0 Å². The van der Waals surface area contributed by atoms with E-state index in [2.05, 4.69) is 27.0 Å². The summed E-state index contributed by atoms with van der Waals surface area (Å²) >= 11 is 5.24. The SMILES string of the molecule is Nc1ccc(SCC2CCCO2)c2ncc(Br)cc12. The lowest BCUT2D eigenvalue weighted by molar-refractivity contribution is 0.129. The second-order valence-corrected chi connectivity index (χ2v) is 6.63. The van der Waals surface area contributed by atoms with Crippen molar-refractivity contribution in [3.05, 3.63) is 28.9 Å². The van der Waals surface area contributed by atoms with Crippen LogP contribution in [0.4, 0.5) is 5.69 Å². The van der Waals surface area contributed by atoms with E-state index in [1.165, 1.54) is 17.7 Å². The Kier molecular flexibility index (Phi) is 3.96. The molecule has 0 amide bonds. The van der Waals surface area contributed by atoms with E-state index in [4.69, 9.17) is 10.5 Å². The molecule has 1 atom stereocenters. The van der Waals surface area contributed by atoms with Crippen LogP contribution in [-0.2, 0) is 4.74 Å². The van der Waals surface area contributed by atoms with Crippen molar-refractivity contribution in [1.82, 2.24) is 4.98 Å². The van der Waals surface area contributed by atoms with Gasteiger partial charge >= 0.3 is 0 Å². The van der Waals surface area contributed by atoms with Crippen LogP contribution in [0.2, 0.25) is 0 Å². The molecule has 0 aliphatic carbocycles. The van der Waals surface area contributed by atoms with Crippen LogP contribution in [0.3, 0.4) is 0 Å². The van der Waals surface area contributed by atoms with E-state index < -0.39 is 0 Å². The number of ether oxygens (including phenoxy) is 1. The van der Waals surface area contributed by atoms with Gasteiger partial charge in [0.15, 0.2) is 0 Å². The fourth-order valence-electron chi connectivity index (χ4n) is 2.26. The molecule has 100 valence electrons. The third-order valence-corrected chi connectivity index (χ3v) is 4.87. The molecule has 1 saturated heterocycles. The number of halogens is 1. The molecule has 1 aromatic heterocycles. The standard InChI is InChI=1S/C14H15BrN2OS/c15-9-6-11-12(16)3-4-13(14(11)17-7-9)19-8-10-2-1-5-18-10/h3-4,6-7,10H,1-2,5,8,16H2. The van der Waals surface area contributed by atoms with E-state index in [-0.39, 0.29) is 0 Å². The number of nitrogens with two attached hydrogens (primary N) is 1. The second kappa shape index (κ2) is 5.69. The number of rotatable bonds is 3. The normalized spacial score (nSPS) is 19.1. The van der Waals surface area contributed by atoms with Crippen LogP contribution in [-0.4, -0.2) is 23.4 Å². The van der Waals surface area contributed by atoms with Crippen molar-refractivity contribution in [3.63, 3.8) is 0 Å². The predicted octanol–water partition coefficient (Wildman–Crippen LogP) is 3.85. The van der Waals surface area contributed by atoms with Gasteiger partial charge in [0.2, 0.25) is 0 Å². The number of pyridine rings is 1. The molecule has 1 fully saturated rings. The fourth-order valence-corrected chi connectivity index (χ4v) is 3.69. The molecule has 19 heavy (non-hydrogen) atoms. The Morgan fingerprint density at radius 2 is 2.37 bits per heavy atom. The third kappa shape index (κ3) is 2.88. The van der Waals surface area contributed by atoms with E-state index in [1.54, 1.807) is 11.8 Å². The smallest absolute Gasteiger partial charge is 0.0859 e. The molecule has 1 aliphatic rings. The van der Waals surface area contributed by atoms with Gasteiger partial charge in [0.05, 0.1) is 11.6 Å². The quantitative estimate of drug-likeness (QED) is 0.682. The Balaban J connectivity index is 1.88. The van der Waals surface area contributed by atoms with Crippen molar-refractivity contribution < 1.29 is 4.74 Å². The molecule has 5 heteroatoms. The fraction of sp³-hybridized carbons (Fsp3) is 0.357. The second-order valence-electron chi connectivity index (χ2n) is 4.65. The molecule has 3 nitrogen and oxygen atoms in total. The first-order valence-electron chi connectivity index (χ1n) is 6.32. The summed E-state index contributed by atoms with van der Waals surface area (Å²) in [6.45, 7) is 0.902. The number of thioether (sulfide) groups is 1. The molecule has 1 aromatic carbocycles. The molecule has 0 radical (unpaired) electrons. The average Bonchev–Trinajstić information content (AvgIpc) is 2.92. The van der Waals surface area contributed by atoms with Gasteiger partial charge in [-0.2, -0.15) is 0 Å². The molecule has 1 unspecified atom stereocenters. The molecular formula is C14H15BrN2OS. The summed E-state index contributed by atoms with van der Waals surface area (Å²) in [5.41, 5.74) is 7.76. The Morgan fingerprint density at radius 3 is 3.16 bits per heavy atom. The number of benzene rings is 1. The van der Waals surface area contributed by atoms with Crippen LogP contribution in [0.5, 0.6) is 0 Å². The van der Waals surface area contributed by atoms with Crippen LogP contribution in [0.25, 0.3) is 10.9 Å². The molecule has 0 saturated carbocycles. The van der Waals surface area contributed by atoms with Crippen LogP contribution in [0.15, 0.2) is 33.8 Å². The van der Waals surface area contributed by atoms with Crippen LogP contribution >= 0.6 is 27.7 Å². The monoisotopic (exact) mass is 338 g/mol. The predicted molar refractivity (Wildman–Crippen MR) is 83.6 cm³/mol. The minimum atomic E-state index is 0.382. The van der Waals surface area contributed by atoms with Gasteiger partial charge in [-0.1, -0.05) is 0 Å². The van der Waals surface area contributed by atoms with E-state index in [9.17, 15) is 0 Å². The Morgan fingerprint density at radius 1 is 1.47 bits per heavy atom. The minimum Gasteiger partial charge on any atom is -0.398 e. The highest BCUT2D eigenvalue weighted by atomic mass is 79.9. The molecule has 2 N–H and O–H groups in total. The minimum absolute atomic E-state index is 0.382. The number of fused-ring (bicyclic) bond motifs is 1. The summed E-state index contributed by atoms with van der Waals surface area (Å²) in [7, 11) is 0. The van der Waals surface area contributed by atoms with Gasteiger partial charge in [-0.3, -0.25) is 4.98 Å². The maximum Gasteiger partial charge on any atom is 0.0859 e. The number of nitrogens with zero attached hydrogens (tertiary/aromatic N) is 1. The van der Waals surface area contributed by atoms with Gasteiger partial charge in [0.25, 0.3) is 0 Å². The number of hydrogen-bond acceptors (Lipinski definition) is 4. The van der Waals surface area contributed by atoms with Gasteiger partial charge in [-0.15, -0.1) is 11.8 Å². The van der Waals surface area contributed by atoms with Crippen LogP contribution in [0.1, 0.15) is 12.8 Å². The highest BCUT2D eigenvalue weighted by Gasteiger charge is 2.16. The molecular weight excluding hydrogens is 324 g/mol.